The molecule has 0 fully saturated rings. The smallest absolute Gasteiger partial charge is 0.131 e. The quantitative estimate of drug-likeness (QED) is 0.735. The summed E-state index contributed by atoms with van der Waals surface area (Å²) in [5.41, 5.74) is 10.9. The predicted molar refractivity (Wildman–Crippen MR) is 70.5 cm³/mol. The molecule has 0 atom stereocenters. The molecule has 0 bridgehead atoms. The fourth-order valence-corrected chi connectivity index (χ4v) is 2.11. The van der Waals surface area contributed by atoms with Crippen LogP contribution in [0.5, 0.6) is 0 Å². The SMILES string of the molecule is Cc1cc(C)c(-c2ccc(N)c(C)c2)c(F)c1. The Labute approximate surface area is 101 Å². The highest BCUT2D eigenvalue weighted by Crippen LogP contribution is 2.29. The van der Waals surface area contributed by atoms with E-state index in [1.54, 1.807) is 6.07 Å². The second-order valence-electron chi connectivity index (χ2n) is 4.51. The van der Waals surface area contributed by atoms with Crippen LogP contribution in [-0.2, 0) is 0 Å². The van der Waals surface area contributed by atoms with E-state index in [0.717, 1.165) is 27.9 Å². The summed E-state index contributed by atoms with van der Waals surface area (Å²) in [5, 5.41) is 0. The van der Waals surface area contributed by atoms with E-state index in [4.69, 9.17) is 5.73 Å². The highest BCUT2D eigenvalue weighted by molar-refractivity contribution is 5.71. The molecule has 2 heteroatoms. The van der Waals surface area contributed by atoms with Gasteiger partial charge in [-0.05, 0) is 61.2 Å². The minimum absolute atomic E-state index is 0.174. The van der Waals surface area contributed by atoms with Gasteiger partial charge >= 0.3 is 0 Å². The van der Waals surface area contributed by atoms with Gasteiger partial charge in [0.05, 0.1) is 0 Å². The number of rotatable bonds is 1. The Kier molecular flexibility index (Phi) is 2.88. The van der Waals surface area contributed by atoms with Gasteiger partial charge in [0.15, 0.2) is 0 Å². The molecule has 0 spiro atoms. The lowest BCUT2D eigenvalue weighted by molar-refractivity contribution is 0.629. The summed E-state index contributed by atoms with van der Waals surface area (Å²) in [6, 6.07) is 9.17. The van der Waals surface area contributed by atoms with Gasteiger partial charge in [-0.25, -0.2) is 4.39 Å². The topological polar surface area (TPSA) is 26.0 Å². The lowest BCUT2D eigenvalue weighted by Crippen LogP contribution is -1.94. The minimum Gasteiger partial charge on any atom is -0.399 e. The summed E-state index contributed by atoms with van der Waals surface area (Å²) in [6.07, 6.45) is 0. The van der Waals surface area contributed by atoms with Crippen molar-refractivity contribution in [2.45, 2.75) is 20.8 Å². The zero-order chi connectivity index (χ0) is 12.6. The van der Waals surface area contributed by atoms with Gasteiger partial charge in [-0.3, -0.25) is 0 Å². The van der Waals surface area contributed by atoms with Crippen LogP contribution >= 0.6 is 0 Å². The second kappa shape index (κ2) is 4.21. The number of nitrogen functional groups attached to an aromatic ring is 1. The van der Waals surface area contributed by atoms with Gasteiger partial charge < -0.3 is 5.73 Å². The van der Waals surface area contributed by atoms with Crippen molar-refractivity contribution in [3.8, 4) is 11.1 Å². The Morgan fingerprint density at radius 1 is 0.941 bits per heavy atom. The molecule has 0 aromatic heterocycles. The molecule has 0 saturated heterocycles. The molecule has 0 aliphatic rings. The largest absolute Gasteiger partial charge is 0.399 e. The van der Waals surface area contributed by atoms with Gasteiger partial charge in [0.2, 0.25) is 0 Å². The van der Waals surface area contributed by atoms with E-state index in [0.29, 0.717) is 5.56 Å². The first-order valence-corrected chi connectivity index (χ1v) is 5.62. The molecule has 2 rings (SSSR count). The third-order valence-electron chi connectivity index (χ3n) is 2.99. The fourth-order valence-electron chi connectivity index (χ4n) is 2.11. The molecule has 0 amide bonds. The first-order chi connectivity index (χ1) is 7.99. The van der Waals surface area contributed by atoms with Crippen LogP contribution in [0.25, 0.3) is 11.1 Å². The highest BCUT2D eigenvalue weighted by Gasteiger charge is 2.10. The molecule has 0 aliphatic carbocycles. The molecule has 0 heterocycles. The van der Waals surface area contributed by atoms with Crippen molar-refractivity contribution in [3.63, 3.8) is 0 Å². The first kappa shape index (κ1) is 11.6. The zero-order valence-electron chi connectivity index (χ0n) is 10.3. The van der Waals surface area contributed by atoms with Crippen molar-refractivity contribution in [1.82, 2.24) is 0 Å². The van der Waals surface area contributed by atoms with Crippen molar-refractivity contribution >= 4 is 5.69 Å². The van der Waals surface area contributed by atoms with Crippen molar-refractivity contribution in [3.05, 3.63) is 52.8 Å². The third kappa shape index (κ3) is 2.16. The number of hydrogen-bond donors (Lipinski definition) is 1. The van der Waals surface area contributed by atoms with E-state index in [1.165, 1.54) is 0 Å². The molecule has 0 aliphatic heterocycles. The van der Waals surface area contributed by atoms with E-state index in [2.05, 4.69) is 0 Å². The predicted octanol–water partition coefficient (Wildman–Crippen LogP) is 4.00. The fraction of sp³-hybridized carbons (Fsp3) is 0.200. The lowest BCUT2D eigenvalue weighted by Gasteiger charge is -2.10. The van der Waals surface area contributed by atoms with Gasteiger partial charge in [-0.1, -0.05) is 12.1 Å². The summed E-state index contributed by atoms with van der Waals surface area (Å²) >= 11 is 0. The maximum absolute atomic E-state index is 14.0. The Morgan fingerprint density at radius 3 is 2.24 bits per heavy atom. The van der Waals surface area contributed by atoms with Crippen LogP contribution in [0.2, 0.25) is 0 Å². The summed E-state index contributed by atoms with van der Waals surface area (Å²) in [4.78, 5) is 0. The molecular formula is C15H16FN. The van der Waals surface area contributed by atoms with Crippen molar-refractivity contribution in [1.29, 1.82) is 0 Å². The molecule has 17 heavy (non-hydrogen) atoms. The van der Waals surface area contributed by atoms with E-state index >= 15 is 0 Å². The molecule has 0 unspecified atom stereocenters. The number of halogens is 1. The van der Waals surface area contributed by atoms with Crippen LogP contribution < -0.4 is 5.73 Å². The number of hydrogen-bond acceptors (Lipinski definition) is 1. The average molecular weight is 229 g/mol. The minimum atomic E-state index is -0.174. The van der Waals surface area contributed by atoms with Crippen LogP contribution in [-0.4, -0.2) is 0 Å². The van der Waals surface area contributed by atoms with Gasteiger partial charge in [0.1, 0.15) is 5.82 Å². The molecule has 0 saturated carbocycles. The second-order valence-corrected chi connectivity index (χ2v) is 4.51. The van der Waals surface area contributed by atoms with Crippen LogP contribution in [0.15, 0.2) is 30.3 Å². The van der Waals surface area contributed by atoms with Crippen LogP contribution in [0.4, 0.5) is 10.1 Å². The Bertz CT molecular complexity index is 550. The van der Waals surface area contributed by atoms with Gasteiger partial charge in [-0.2, -0.15) is 0 Å². The lowest BCUT2D eigenvalue weighted by atomic mass is 9.96. The molecule has 2 aromatic rings. The maximum Gasteiger partial charge on any atom is 0.131 e. The van der Waals surface area contributed by atoms with Gasteiger partial charge in [-0.15, -0.1) is 0 Å². The van der Waals surface area contributed by atoms with Crippen molar-refractivity contribution < 1.29 is 4.39 Å². The van der Waals surface area contributed by atoms with E-state index in [-0.39, 0.29) is 5.82 Å². The van der Waals surface area contributed by atoms with Gasteiger partial charge in [0, 0.05) is 11.3 Å². The number of anilines is 1. The van der Waals surface area contributed by atoms with Crippen LogP contribution in [0.3, 0.4) is 0 Å². The molecule has 1 nitrogen and oxygen atoms in total. The normalized spacial score (nSPS) is 10.6. The average Bonchev–Trinajstić information content (AvgIpc) is 2.21. The number of benzene rings is 2. The zero-order valence-corrected chi connectivity index (χ0v) is 10.3. The van der Waals surface area contributed by atoms with Crippen molar-refractivity contribution in [2.75, 3.05) is 5.73 Å². The standard InChI is InChI=1S/C15H16FN/c1-9-6-11(3)15(13(16)7-9)12-4-5-14(17)10(2)8-12/h4-8H,17H2,1-3H3. The van der Waals surface area contributed by atoms with E-state index in [1.807, 2.05) is 45.0 Å². The van der Waals surface area contributed by atoms with Crippen LogP contribution in [0.1, 0.15) is 16.7 Å². The number of aryl methyl sites for hydroxylation is 3. The molecular weight excluding hydrogens is 213 g/mol. The molecule has 0 radical (unpaired) electrons. The third-order valence-corrected chi connectivity index (χ3v) is 2.99. The summed E-state index contributed by atoms with van der Waals surface area (Å²) in [6.45, 7) is 5.76. The Morgan fingerprint density at radius 2 is 1.65 bits per heavy atom. The summed E-state index contributed by atoms with van der Waals surface area (Å²) < 4.78 is 14.0. The van der Waals surface area contributed by atoms with Crippen molar-refractivity contribution in [2.24, 2.45) is 0 Å². The molecule has 2 N–H and O–H groups in total. The maximum atomic E-state index is 14.0. The summed E-state index contributed by atoms with van der Waals surface area (Å²) in [5.74, 6) is -0.174. The van der Waals surface area contributed by atoms with E-state index in [9.17, 15) is 4.39 Å². The van der Waals surface area contributed by atoms with E-state index < -0.39 is 0 Å². The highest BCUT2D eigenvalue weighted by atomic mass is 19.1. The molecule has 2 aromatic carbocycles. The molecule has 88 valence electrons. The van der Waals surface area contributed by atoms with Crippen LogP contribution in [0, 0.1) is 26.6 Å². The Balaban J connectivity index is 2.64. The van der Waals surface area contributed by atoms with Gasteiger partial charge in [0.25, 0.3) is 0 Å². The summed E-state index contributed by atoms with van der Waals surface area (Å²) in [7, 11) is 0. The monoisotopic (exact) mass is 229 g/mol. The Hall–Kier alpha value is -1.83. The number of nitrogens with two attached hydrogens (primary N) is 1. The first-order valence-electron chi connectivity index (χ1n) is 5.62.